The molecule has 0 saturated heterocycles. The van der Waals surface area contributed by atoms with Crippen LogP contribution in [0.25, 0.3) is 0 Å². The Morgan fingerprint density at radius 1 is 1.33 bits per heavy atom. The van der Waals surface area contributed by atoms with Crippen molar-refractivity contribution in [2.24, 2.45) is 7.05 Å². The fourth-order valence-corrected chi connectivity index (χ4v) is 1.28. The van der Waals surface area contributed by atoms with Crippen molar-refractivity contribution in [3.8, 4) is 11.8 Å². The molecule has 0 spiro atoms. The van der Waals surface area contributed by atoms with Gasteiger partial charge in [0.05, 0.1) is 11.3 Å². The minimum absolute atomic E-state index is 0.0176. The third-order valence-corrected chi connectivity index (χ3v) is 2.12. The van der Waals surface area contributed by atoms with Gasteiger partial charge in [0, 0.05) is 7.05 Å². The molecule has 0 unspecified atom stereocenters. The number of halogens is 3. The molecule has 1 heterocycles. The summed E-state index contributed by atoms with van der Waals surface area (Å²) in [7, 11) is 1.63. The Morgan fingerprint density at radius 2 is 2.06 bits per heavy atom. The second-order valence-corrected chi connectivity index (χ2v) is 3.55. The van der Waals surface area contributed by atoms with Gasteiger partial charge in [-0.3, -0.25) is 4.68 Å². The first kappa shape index (κ1) is 12.2. The molecular weight excluding hydrogens is 249 g/mol. The van der Waals surface area contributed by atoms with E-state index in [1.54, 1.807) is 7.05 Å². The van der Waals surface area contributed by atoms with Crippen molar-refractivity contribution in [3.63, 3.8) is 0 Å². The van der Waals surface area contributed by atoms with Gasteiger partial charge in [-0.05, 0) is 18.2 Å². The molecule has 1 aromatic carbocycles. The zero-order valence-corrected chi connectivity index (χ0v) is 9.27. The number of alkyl halides is 3. The number of aromatic nitrogens is 3. The SMILES string of the molecule is Cn1cnc(Oc2ccc(C(F)(F)F)cc2N)n1. The number of ether oxygens (including phenoxy) is 1. The van der Waals surface area contributed by atoms with Crippen molar-refractivity contribution in [1.29, 1.82) is 0 Å². The summed E-state index contributed by atoms with van der Waals surface area (Å²) in [5.74, 6) is 0.0780. The monoisotopic (exact) mass is 258 g/mol. The zero-order chi connectivity index (χ0) is 13.3. The maximum atomic E-state index is 12.4. The van der Waals surface area contributed by atoms with Crippen LogP contribution in [0.2, 0.25) is 0 Å². The summed E-state index contributed by atoms with van der Waals surface area (Å²) < 4.78 is 43.8. The van der Waals surface area contributed by atoms with Crippen LogP contribution in [0.5, 0.6) is 11.8 Å². The van der Waals surface area contributed by atoms with E-state index in [2.05, 4.69) is 10.1 Å². The Morgan fingerprint density at radius 3 is 2.56 bits per heavy atom. The molecule has 0 fully saturated rings. The third-order valence-electron chi connectivity index (χ3n) is 2.12. The first-order valence-corrected chi connectivity index (χ1v) is 4.86. The summed E-state index contributed by atoms with van der Waals surface area (Å²) >= 11 is 0. The Balaban J connectivity index is 2.25. The van der Waals surface area contributed by atoms with Crippen molar-refractivity contribution < 1.29 is 17.9 Å². The summed E-state index contributed by atoms with van der Waals surface area (Å²) in [5.41, 5.74) is 4.53. The lowest BCUT2D eigenvalue weighted by molar-refractivity contribution is -0.137. The van der Waals surface area contributed by atoms with Gasteiger partial charge >= 0.3 is 12.2 Å². The average Bonchev–Trinajstić information content (AvgIpc) is 2.65. The molecule has 8 heteroatoms. The predicted octanol–water partition coefficient (Wildman–Crippen LogP) is 2.21. The van der Waals surface area contributed by atoms with Crippen molar-refractivity contribution in [2.75, 3.05) is 5.73 Å². The van der Waals surface area contributed by atoms with Crippen molar-refractivity contribution in [3.05, 3.63) is 30.1 Å². The molecule has 0 bridgehead atoms. The Hall–Kier alpha value is -2.25. The lowest BCUT2D eigenvalue weighted by atomic mass is 10.2. The summed E-state index contributed by atoms with van der Waals surface area (Å²) in [6.07, 6.45) is -3.04. The molecule has 2 N–H and O–H groups in total. The second kappa shape index (κ2) is 4.21. The van der Waals surface area contributed by atoms with Gasteiger partial charge in [0.15, 0.2) is 5.75 Å². The highest BCUT2D eigenvalue weighted by Gasteiger charge is 2.31. The van der Waals surface area contributed by atoms with Crippen LogP contribution in [-0.4, -0.2) is 14.8 Å². The molecule has 0 amide bonds. The maximum absolute atomic E-state index is 12.4. The molecule has 0 atom stereocenters. The largest absolute Gasteiger partial charge is 0.421 e. The first-order chi connectivity index (χ1) is 8.36. The van der Waals surface area contributed by atoms with Gasteiger partial charge in [0.2, 0.25) is 0 Å². The molecular formula is C10H9F3N4O. The fourth-order valence-electron chi connectivity index (χ4n) is 1.28. The molecule has 2 aromatic rings. The first-order valence-electron chi connectivity index (χ1n) is 4.86. The minimum atomic E-state index is -4.43. The van der Waals surface area contributed by atoms with E-state index in [0.717, 1.165) is 18.2 Å². The van der Waals surface area contributed by atoms with E-state index < -0.39 is 11.7 Å². The van der Waals surface area contributed by atoms with Crippen LogP contribution in [0.15, 0.2) is 24.5 Å². The quantitative estimate of drug-likeness (QED) is 0.838. The van der Waals surface area contributed by atoms with Crippen LogP contribution < -0.4 is 10.5 Å². The molecule has 18 heavy (non-hydrogen) atoms. The van der Waals surface area contributed by atoms with Crippen LogP contribution in [-0.2, 0) is 13.2 Å². The molecule has 5 nitrogen and oxygen atoms in total. The highest BCUT2D eigenvalue weighted by molar-refractivity contribution is 5.55. The number of hydrogen-bond donors (Lipinski definition) is 1. The van der Waals surface area contributed by atoms with Crippen LogP contribution >= 0.6 is 0 Å². The van der Waals surface area contributed by atoms with E-state index in [0.29, 0.717) is 0 Å². The molecule has 0 radical (unpaired) electrons. The van der Waals surface area contributed by atoms with E-state index >= 15 is 0 Å². The van der Waals surface area contributed by atoms with E-state index in [9.17, 15) is 13.2 Å². The third kappa shape index (κ3) is 2.53. The highest BCUT2D eigenvalue weighted by atomic mass is 19.4. The lowest BCUT2D eigenvalue weighted by Crippen LogP contribution is -2.06. The van der Waals surface area contributed by atoms with Gasteiger partial charge in [-0.1, -0.05) is 0 Å². The summed E-state index contributed by atoms with van der Waals surface area (Å²) in [6.45, 7) is 0. The molecule has 0 aliphatic rings. The van der Waals surface area contributed by atoms with Crippen LogP contribution in [0, 0.1) is 0 Å². The topological polar surface area (TPSA) is 66.0 Å². The number of nitrogens with two attached hydrogens (primary N) is 1. The average molecular weight is 258 g/mol. The minimum Gasteiger partial charge on any atom is -0.421 e. The van der Waals surface area contributed by atoms with E-state index in [1.165, 1.54) is 11.0 Å². The molecule has 96 valence electrons. The number of anilines is 1. The van der Waals surface area contributed by atoms with Gasteiger partial charge in [0.1, 0.15) is 6.33 Å². The highest BCUT2D eigenvalue weighted by Crippen LogP contribution is 2.34. The summed E-state index contributed by atoms with van der Waals surface area (Å²) in [5, 5.41) is 3.82. The van der Waals surface area contributed by atoms with Crippen LogP contribution in [0.4, 0.5) is 18.9 Å². The van der Waals surface area contributed by atoms with Gasteiger partial charge in [-0.25, -0.2) is 0 Å². The van der Waals surface area contributed by atoms with Crippen molar-refractivity contribution >= 4 is 5.69 Å². The Kier molecular flexibility index (Phi) is 2.85. The van der Waals surface area contributed by atoms with Gasteiger partial charge in [-0.2, -0.15) is 18.2 Å². The smallest absolute Gasteiger partial charge is 0.416 e. The molecule has 0 aliphatic heterocycles. The normalized spacial score (nSPS) is 11.6. The molecule has 1 aromatic heterocycles. The number of benzene rings is 1. The van der Waals surface area contributed by atoms with Crippen LogP contribution in [0.3, 0.4) is 0 Å². The fraction of sp³-hybridized carbons (Fsp3) is 0.200. The second-order valence-electron chi connectivity index (χ2n) is 3.55. The Labute approximate surface area is 100.0 Å². The van der Waals surface area contributed by atoms with Crippen LogP contribution in [0.1, 0.15) is 5.56 Å². The Bertz CT molecular complexity index is 564. The number of aryl methyl sites for hydroxylation is 1. The van der Waals surface area contributed by atoms with E-state index in [1.807, 2.05) is 0 Å². The van der Waals surface area contributed by atoms with Gasteiger partial charge in [-0.15, -0.1) is 5.10 Å². The summed E-state index contributed by atoms with van der Waals surface area (Å²) in [4.78, 5) is 3.78. The van der Waals surface area contributed by atoms with Crippen molar-refractivity contribution in [1.82, 2.24) is 14.8 Å². The molecule has 2 rings (SSSR count). The summed E-state index contributed by atoms with van der Waals surface area (Å²) in [6, 6.07) is 2.84. The van der Waals surface area contributed by atoms with Gasteiger partial charge < -0.3 is 10.5 Å². The number of nitrogens with zero attached hydrogens (tertiary/aromatic N) is 3. The number of rotatable bonds is 2. The zero-order valence-electron chi connectivity index (χ0n) is 9.27. The maximum Gasteiger partial charge on any atom is 0.416 e. The van der Waals surface area contributed by atoms with E-state index in [-0.39, 0.29) is 17.4 Å². The van der Waals surface area contributed by atoms with Crippen molar-refractivity contribution in [2.45, 2.75) is 6.18 Å². The molecule has 0 saturated carbocycles. The standard InChI is InChI=1S/C10H9F3N4O/c1-17-5-15-9(16-17)18-8-3-2-6(4-7(8)14)10(11,12)13/h2-5H,14H2,1H3. The number of hydrogen-bond acceptors (Lipinski definition) is 4. The van der Waals surface area contributed by atoms with E-state index in [4.69, 9.17) is 10.5 Å². The lowest BCUT2D eigenvalue weighted by Gasteiger charge is -2.09. The number of nitrogen functional groups attached to an aromatic ring is 1. The molecule has 0 aliphatic carbocycles. The van der Waals surface area contributed by atoms with Gasteiger partial charge in [0.25, 0.3) is 0 Å². The predicted molar refractivity (Wildman–Crippen MR) is 56.9 cm³/mol.